The lowest BCUT2D eigenvalue weighted by Gasteiger charge is -2.21. The molecule has 0 radical (unpaired) electrons. The van der Waals surface area contributed by atoms with Gasteiger partial charge in [-0.05, 0) is 5.92 Å². The number of hydrogen-bond acceptors (Lipinski definition) is 5. The van der Waals surface area contributed by atoms with Gasteiger partial charge in [-0.15, -0.1) is 0 Å². The minimum atomic E-state index is 0.137. The zero-order chi connectivity index (χ0) is 12.7. The fourth-order valence-corrected chi connectivity index (χ4v) is 1.81. The molecular weight excluding hydrogens is 216 g/mol. The smallest absolute Gasteiger partial charge is 0.233 e. The average molecular weight is 238 g/mol. The highest BCUT2D eigenvalue weighted by atomic mass is 16.5. The molecule has 5 nitrogen and oxygen atoms in total. The maximum atomic E-state index is 6.12. The van der Waals surface area contributed by atoms with Crippen LogP contribution in [-0.2, 0) is 0 Å². The summed E-state index contributed by atoms with van der Waals surface area (Å²) in [5, 5.41) is 3.19. The molecule has 0 fully saturated rings. The molecule has 0 saturated carbocycles. The van der Waals surface area contributed by atoms with E-state index in [4.69, 9.17) is 10.5 Å². The zero-order valence-corrected chi connectivity index (χ0v) is 10.8. The highest BCUT2D eigenvalue weighted by molar-refractivity contribution is 5.33. The van der Waals surface area contributed by atoms with Gasteiger partial charge in [0.05, 0.1) is 19.5 Å². The van der Waals surface area contributed by atoms with E-state index in [1.165, 1.54) is 0 Å². The van der Waals surface area contributed by atoms with Crippen LogP contribution >= 0.6 is 0 Å². The predicted octanol–water partition coefficient (Wildman–Crippen LogP) is 1.66. The van der Waals surface area contributed by atoms with Gasteiger partial charge in [0.1, 0.15) is 5.82 Å². The van der Waals surface area contributed by atoms with Crippen LogP contribution in [0.15, 0.2) is 12.4 Å². The van der Waals surface area contributed by atoms with Crippen LogP contribution in [0.2, 0.25) is 0 Å². The maximum absolute atomic E-state index is 6.12. The first kappa shape index (κ1) is 13.7. The summed E-state index contributed by atoms with van der Waals surface area (Å²) in [6.45, 7) is 5.03. The fraction of sp³-hybridized carbons (Fsp3) is 0.667. The third kappa shape index (κ3) is 4.19. The first-order valence-electron chi connectivity index (χ1n) is 6.06. The Kier molecular flexibility index (Phi) is 5.69. The van der Waals surface area contributed by atoms with Crippen molar-refractivity contribution in [2.75, 3.05) is 19.0 Å². The van der Waals surface area contributed by atoms with Crippen molar-refractivity contribution >= 4 is 5.82 Å². The van der Waals surface area contributed by atoms with Crippen LogP contribution in [0.4, 0.5) is 5.82 Å². The molecule has 0 aliphatic rings. The Bertz CT molecular complexity index is 328. The van der Waals surface area contributed by atoms with Crippen molar-refractivity contribution in [2.45, 2.75) is 32.7 Å². The van der Waals surface area contributed by atoms with Crippen LogP contribution in [0.25, 0.3) is 0 Å². The predicted molar refractivity (Wildman–Crippen MR) is 69.1 cm³/mol. The molecule has 1 atom stereocenters. The van der Waals surface area contributed by atoms with Crippen molar-refractivity contribution in [3.8, 4) is 5.88 Å². The topological polar surface area (TPSA) is 73.1 Å². The Hall–Kier alpha value is -1.36. The van der Waals surface area contributed by atoms with Gasteiger partial charge in [-0.1, -0.05) is 26.7 Å². The number of ether oxygens (including phenoxy) is 1. The van der Waals surface area contributed by atoms with Gasteiger partial charge >= 0.3 is 0 Å². The van der Waals surface area contributed by atoms with Gasteiger partial charge in [0.25, 0.3) is 0 Å². The van der Waals surface area contributed by atoms with Crippen LogP contribution in [0.1, 0.15) is 26.7 Å². The van der Waals surface area contributed by atoms with E-state index in [-0.39, 0.29) is 6.04 Å². The molecule has 1 rings (SSSR count). The van der Waals surface area contributed by atoms with E-state index < -0.39 is 0 Å². The van der Waals surface area contributed by atoms with Crippen LogP contribution < -0.4 is 15.8 Å². The van der Waals surface area contributed by atoms with Crippen molar-refractivity contribution < 1.29 is 4.74 Å². The molecule has 1 aromatic rings. The number of methoxy groups -OCH3 is 1. The number of hydrogen-bond donors (Lipinski definition) is 2. The molecule has 1 aromatic heterocycles. The van der Waals surface area contributed by atoms with Crippen LogP contribution in [0, 0.1) is 5.92 Å². The van der Waals surface area contributed by atoms with E-state index in [1.807, 2.05) is 0 Å². The quantitative estimate of drug-likeness (QED) is 0.755. The first-order valence-corrected chi connectivity index (χ1v) is 6.06. The van der Waals surface area contributed by atoms with Crippen molar-refractivity contribution in [2.24, 2.45) is 11.7 Å². The molecule has 5 heteroatoms. The molecule has 0 bridgehead atoms. The van der Waals surface area contributed by atoms with Gasteiger partial charge in [-0.3, -0.25) is 4.98 Å². The molecule has 0 amide bonds. The summed E-state index contributed by atoms with van der Waals surface area (Å²) in [6, 6.07) is 0.137. The van der Waals surface area contributed by atoms with Gasteiger partial charge in [0.15, 0.2) is 0 Å². The van der Waals surface area contributed by atoms with Crippen molar-refractivity contribution in [1.82, 2.24) is 9.97 Å². The van der Waals surface area contributed by atoms with E-state index in [0.29, 0.717) is 24.2 Å². The lowest BCUT2D eigenvalue weighted by Crippen LogP contribution is -2.36. The molecule has 3 N–H and O–H groups in total. The van der Waals surface area contributed by atoms with Gasteiger partial charge < -0.3 is 15.8 Å². The molecule has 1 heterocycles. The minimum absolute atomic E-state index is 0.137. The molecule has 96 valence electrons. The number of nitrogens with one attached hydrogen (secondary N) is 1. The van der Waals surface area contributed by atoms with Gasteiger partial charge in [0, 0.05) is 12.6 Å². The van der Waals surface area contributed by atoms with Crippen molar-refractivity contribution in [1.29, 1.82) is 0 Å². The minimum Gasteiger partial charge on any atom is -0.480 e. The first-order chi connectivity index (χ1) is 8.21. The van der Waals surface area contributed by atoms with Gasteiger partial charge in [0.2, 0.25) is 5.88 Å². The van der Waals surface area contributed by atoms with E-state index in [2.05, 4.69) is 29.1 Å². The van der Waals surface area contributed by atoms with Crippen LogP contribution in [0.5, 0.6) is 5.88 Å². The summed E-state index contributed by atoms with van der Waals surface area (Å²) in [7, 11) is 1.57. The lowest BCUT2D eigenvalue weighted by atomic mass is 9.95. The van der Waals surface area contributed by atoms with Gasteiger partial charge in [-0.2, -0.15) is 4.98 Å². The molecule has 0 spiro atoms. The Labute approximate surface area is 103 Å². The Morgan fingerprint density at radius 2 is 2.06 bits per heavy atom. The third-order valence-electron chi connectivity index (χ3n) is 2.99. The number of nitrogens with zero attached hydrogens (tertiary/aromatic N) is 2. The number of aromatic nitrogens is 2. The summed E-state index contributed by atoms with van der Waals surface area (Å²) >= 11 is 0. The second-order valence-electron chi connectivity index (χ2n) is 4.07. The van der Waals surface area contributed by atoms with Crippen molar-refractivity contribution in [3.63, 3.8) is 0 Å². The van der Waals surface area contributed by atoms with Crippen molar-refractivity contribution in [3.05, 3.63) is 12.4 Å². The Balaban J connectivity index is 2.49. The second-order valence-corrected chi connectivity index (χ2v) is 4.07. The number of anilines is 1. The Morgan fingerprint density at radius 3 is 2.65 bits per heavy atom. The molecule has 0 aromatic carbocycles. The zero-order valence-electron chi connectivity index (χ0n) is 10.8. The fourth-order valence-electron chi connectivity index (χ4n) is 1.81. The monoisotopic (exact) mass is 238 g/mol. The summed E-state index contributed by atoms with van der Waals surface area (Å²) in [5.41, 5.74) is 6.12. The molecule has 0 aliphatic carbocycles. The average Bonchev–Trinajstić information content (AvgIpc) is 2.38. The normalized spacial score (nSPS) is 12.5. The summed E-state index contributed by atoms with van der Waals surface area (Å²) in [5.74, 6) is 1.75. The Morgan fingerprint density at radius 1 is 1.35 bits per heavy atom. The molecule has 17 heavy (non-hydrogen) atoms. The largest absolute Gasteiger partial charge is 0.480 e. The molecule has 0 saturated heterocycles. The SMILES string of the molecule is CCC(CC)C(N)CNc1cncc(OC)n1. The number of nitrogens with two attached hydrogens (primary N) is 1. The summed E-state index contributed by atoms with van der Waals surface area (Å²) in [6.07, 6.45) is 5.44. The second kappa shape index (κ2) is 7.06. The van der Waals surface area contributed by atoms with Gasteiger partial charge in [-0.25, -0.2) is 0 Å². The highest BCUT2D eigenvalue weighted by Crippen LogP contribution is 2.13. The van der Waals surface area contributed by atoms with E-state index in [9.17, 15) is 0 Å². The standard InChI is InChI=1S/C12H22N4O/c1-4-9(5-2)10(13)6-15-11-7-14-8-12(16-11)17-3/h7-10H,4-6,13H2,1-3H3,(H,15,16). The third-order valence-corrected chi connectivity index (χ3v) is 2.99. The maximum Gasteiger partial charge on any atom is 0.233 e. The van der Waals surface area contributed by atoms with E-state index in [1.54, 1.807) is 19.5 Å². The molecule has 0 aliphatic heterocycles. The van der Waals surface area contributed by atoms with Crippen LogP contribution in [0.3, 0.4) is 0 Å². The highest BCUT2D eigenvalue weighted by Gasteiger charge is 2.13. The summed E-state index contributed by atoms with van der Waals surface area (Å²) in [4.78, 5) is 8.25. The lowest BCUT2D eigenvalue weighted by molar-refractivity contribution is 0.395. The van der Waals surface area contributed by atoms with Crippen LogP contribution in [-0.4, -0.2) is 29.7 Å². The molecular formula is C12H22N4O. The number of rotatable bonds is 7. The summed E-state index contributed by atoms with van der Waals surface area (Å²) < 4.78 is 5.01. The van der Waals surface area contributed by atoms with E-state index >= 15 is 0 Å². The molecule has 1 unspecified atom stereocenters. The van der Waals surface area contributed by atoms with E-state index in [0.717, 1.165) is 12.8 Å².